The van der Waals surface area contributed by atoms with Gasteiger partial charge in [0.1, 0.15) is 11.3 Å². The first-order valence-electron chi connectivity index (χ1n) is 8.09. The van der Waals surface area contributed by atoms with Crippen molar-refractivity contribution < 1.29 is 19.2 Å². The van der Waals surface area contributed by atoms with Crippen LogP contribution in [0.5, 0.6) is 0 Å². The normalized spacial score (nSPS) is 20.0. The fraction of sp³-hybridized carbons (Fsp3) is 0.500. The molecule has 1 aliphatic rings. The summed E-state index contributed by atoms with van der Waals surface area (Å²) in [6.45, 7) is 9.27. The zero-order chi connectivity index (χ0) is 18.8. The van der Waals surface area contributed by atoms with Crippen LogP contribution in [0.25, 0.3) is 6.08 Å². The highest BCUT2D eigenvalue weighted by Gasteiger charge is 2.44. The zero-order valence-corrected chi connectivity index (χ0v) is 15.2. The van der Waals surface area contributed by atoms with Gasteiger partial charge in [-0.25, -0.2) is 4.79 Å². The minimum atomic E-state index is -0.819. The Morgan fingerprint density at radius 2 is 2.04 bits per heavy atom. The van der Waals surface area contributed by atoms with E-state index in [1.165, 1.54) is 11.0 Å². The number of para-hydroxylation sites is 1. The molecule has 1 amide bonds. The molecule has 25 heavy (non-hydrogen) atoms. The molecule has 0 N–H and O–H groups in total. The molecule has 0 unspecified atom stereocenters. The van der Waals surface area contributed by atoms with Gasteiger partial charge in [-0.1, -0.05) is 18.2 Å². The first-order valence-corrected chi connectivity index (χ1v) is 8.09. The topological polar surface area (TPSA) is 81.9 Å². The van der Waals surface area contributed by atoms with E-state index in [9.17, 15) is 14.9 Å². The van der Waals surface area contributed by atoms with Gasteiger partial charge in [0.2, 0.25) is 0 Å². The summed E-state index contributed by atoms with van der Waals surface area (Å²) in [5.74, 6) is 0. The number of nitro groups is 1. The van der Waals surface area contributed by atoms with E-state index in [0.29, 0.717) is 12.2 Å². The van der Waals surface area contributed by atoms with Gasteiger partial charge < -0.3 is 9.47 Å². The molecule has 2 rings (SSSR count). The second kappa shape index (κ2) is 6.84. The van der Waals surface area contributed by atoms with Crippen molar-refractivity contribution in [2.24, 2.45) is 0 Å². The van der Waals surface area contributed by atoms with Crippen LogP contribution in [0.2, 0.25) is 0 Å². The summed E-state index contributed by atoms with van der Waals surface area (Å²) >= 11 is 0. The molecule has 1 heterocycles. The number of nitro benzene ring substituents is 1. The predicted octanol–water partition coefficient (Wildman–Crippen LogP) is 3.98. The number of ether oxygens (including phenoxy) is 2. The van der Waals surface area contributed by atoms with Crippen LogP contribution < -0.4 is 0 Å². The van der Waals surface area contributed by atoms with Crippen molar-refractivity contribution in [2.45, 2.75) is 52.0 Å². The molecule has 7 nitrogen and oxygen atoms in total. The van der Waals surface area contributed by atoms with E-state index in [4.69, 9.17) is 9.47 Å². The Bertz CT molecular complexity index is 691. The number of hydrogen-bond donors (Lipinski definition) is 0. The lowest BCUT2D eigenvalue weighted by Crippen LogP contribution is -2.49. The first kappa shape index (κ1) is 18.9. The van der Waals surface area contributed by atoms with Gasteiger partial charge in [-0.2, -0.15) is 0 Å². The molecule has 0 spiro atoms. The highest BCUT2D eigenvalue weighted by Crippen LogP contribution is 2.31. The van der Waals surface area contributed by atoms with E-state index in [2.05, 4.69) is 0 Å². The Hall–Kier alpha value is -2.41. The summed E-state index contributed by atoms with van der Waals surface area (Å²) < 4.78 is 11.2. The van der Waals surface area contributed by atoms with Crippen molar-refractivity contribution in [1.82, 2.24) is 4.90 Å². The molecule has 0 aromatic heterocycles. The van der Waals surface area contributed by atoms with E-state index in [-0.39, 0.29) is 11.7 Å². The summed E-state index contributed by atoms with van der Waals surface area (Å²) in [6, 6.07) is 6.08. The van der Waals surface area contributed by atoms with E-state index in [1.807, 2.05) is 0 Å². The maximum atomic E-state index is 12.6. The Morgan fingerprint density at radius 3 is 2.64 bits per heavy atom. The Morgan fingerprint density at radius 1 is 1.40 bits per heavy atom. The smallest absolute Gasteiger partial charge is 0.413 e. The molecule has 7 heteroatoms. The quantitative estimate of drug-likeness (QED) is 0.609. The summed E-state index contributed by atoms with van der Waals surface area (Å²) in [5.41, 5.74) is -0.954. The van der Waals surface area contributed by atoms with E-state index < -0.39 is 22.3 Å². The van der Waals surface area contributed by atoms with Crippen LogP contribution in [0, 0.1) is 10.1 Å². The van der Waals surface area contributed by atoms with Crippen LogP contribution in [0.1, 0.15) is 40.2 Å². The molecule has 1 aromatic rings. The number of carbonyl (C=O) groups excluding carboxylic acids is 1. The van der Waals surface area contributed by atoms with Gasteiger partial charge >= 0.3 is 6.09 Å². The fourth-order valence-corrected chi connectivity index (χ4v) is 2.65. The van der Waals surface area contributed by atoms with Crippen molar-refractivity contribution in [1.29, 1.82) is 0 Å². The van der Waals surface area contributed by atoms with Gasteiger partial charge in [0.05, 0.1) is 23.1 Å². The monoisotopic (exact) mass is 348 g/mol. The SMILES string of the molecule is CC(C)(C)OC(=O)N1[C@H](C=Cc2ccccc2[N+](=O)[O-])COC1(C)C. The summed E-state index contributed by atoms with van der Waals surface area (Å²) in [7, 11) is 0. The average molecular weight is 348 g/mol. The number of hydrogen-bond acceptors (Lipinski definition) is 5. The molecule has 136 valence electrons. The van der Waals surface area contributed by atoms with Gasteiger partial charge in [-0.3, -0.25) is 15.0 Å². The number of amides is 1. The highest BCUT2D eigenvalue weighted by atomic mass is 16.6. The number of carbonyl (C=O) groups is 1. The largest absolute Gasteiger partial charge is 0.444 e. The molecular formula is C18H24N2O5. The fourth-order valence-electron chi connectivity index (χ4n) is 2.65. The molecule has 1 atom stereocenters. The number of rotatable bonds is 3. The summed E-state index contributed by atoms with van der Waals surface area (Å²) in [5, 5.41) is 11.1. The molecule has 1 aromatic carbocycles. The van der Waals surface area contributed by atoms with Crippen molar-refractivity contribution >= 4 is 17.9 Å². The first-order chi connectivity index (χ1) is 11.5. The Kier molecular flexibility index (Phi) is 5.17. The van der Waals surface area contributed by atoms with Crippen LogP contribution in [-0.4, -0.2) is 39.9 Å². The minimum Gasteiger partial charge on any atom is -0.444 e. The van der Waals surface area contributed by atoms with Crippen LogP contribution in [0.15, 0.2) is 30.3 Å². The highest BCUT2D eigenvalue weighted by molar-refractivity contribution is 5.71. The number of benzene rings is 1. The lowest BCUT2D eigenvalue weighted by Gasteiger charge is -2.34. The second-order valence-electron chi connectivity index (χ2n) is 7.35. The molecule has 1 aliphatic heterocycles. The predicted molar refractivity (Wildman–Crippen MR) is 94.0 cm³/mol. The molecule has 0 bridgehead atoms. The Labute approximate surface area is 147 Å². The Balaban J connectivity index is 2.26. The van der Waals surface area contributed by atoms with E-state index in [0.717, 1.165) is 0 Å². The molecule has 0 aliphatic carbocycles. The van der Waals surface area contributed by atoms with Gasteiger partial charge in [0.25, 0.3) is 5.69 Å². The van der Waals surface area contributed by atoms with Gasteiger partial charge in [0.15, 0.2) is 0 Å². The van der Waals surface area contributed by atoms with Gasteiger partial charge in [-0.05, 0) is 46.8 Å². The third-order valence-corrected chi connectivity index (χ3v) is 3.74. The van der Waals surface area contributed by atoms with Gasteiger partial charge in [0, 0.05) is 6.07 Å². The standard InChI is InChI=1S/C18H24N2O5/c1-17(2,3)25-16(21)19-14(12-24-18(19,4)5)11-10-13-8-6-7-9-15(13)20(22)23/h6-11,14H,12H2,1-5H3/t14-/m1/s1. The molecule has 0 saturated carbocycles. The lowest BCUT2D eigenvalue weighted by atomic mass is 10.1. The minimum absolute atomic E-state index is 0.0146. The van der Waals surface area contributed by atoms with Crippen molar-refractivity contribution in [3.05, 3.63) is 46.0 Å². The third kappa shape index (κ3) is 4.57. The lowest BCUT2D eigenvalue weighted by molar-refractivity contribution is -0.385. The van der Waals surface area contributed by atoms with Crippen LogP contribution in [0.3, 0.4) is 0 Å². The summed E-state index contributed by atoms with van der Waals surface area (Å²) in [6.07, 6.45) is 2.90. The third-order valence-electron chi connectivity index (χ3n) is 3.74. The second-order valence-corrected chi connectivity index (χ2v) is 7.35. The number of nitrogens with zero attached hydrogens (tertiary/aromatic N) is 2. The molecule has 1 saturated heterocycles. The average Bonchev–Trinajstić information content (AvgIpc) is 2.78. The maximum Gasteiger partial charge on any atom is 0.413 e. The molecule has 0 radical (unpaired) electrons. The van der Waals surface area contributed by atoms with Crippen molar-refractivity contribution in [2.75, 3.05) is 6.61 Å². The van der Waals surface area contributed by atoms with E-state index in [1.54, 1.807) is 65.0 Å². The van der Waals surface area contributed by atoms with E-state index >= 15 is 0 Å². The van der Waals surface area contributed by atoms with Crippen LogP contribution >= 0.6 is 0 Å². The van der Waals surface area contributed by atoms with Crippen LogP contribution in [0.4, 0.5) is 10.5 Å². The molecular weight excluding hydrogens is 324 g/mol. The maximum absolute atomic E-state index is 12.6. The zero-order valence-electron chi connectivity index (χ0n) is 15.2. The van der Waals surface area contributed by atoms with Crippen molar-refractivity contribution in [3.8, 4) is 0 Å². The molecule has 1 fully saturated rings. The summed E-state index contributed by atoms with van der Waals surface area (Å²) in [4.78, 5) is 24.8. The van der Waals surface area contributed by atoms with Gasteiger partial charge in [-0.15, -0.1) is 0 Å². The van der Waals surface area contributed by atoms with Crippen molar-refractivity contribution in [3.63, 3.8) is 0 Å². The van der Waals surface area contributed by atoms with Crippen LogP contribution in [-0.2, 0) is 9.47 Å².